The van der Waals surface area contributed by atoms with Crippen molar-refractivity contribution in [2.45, 2.75) is 18.6 Å². The van der Waals surface area contributed by atoms with E-state index in [0.29, 0.717) is 18.6 Å². The number of hydrogen-bond acceptors (Lipinski definition) is 4. The fraction of sp³-hybridized carbons (Fsp3) is 0.357. The Morgan fingerprint density at radius 3 is 3.05 bits per heavy atom. The van der Waals surface area contributed by atoms with Crippen LogP contribution in [-0.4, -0.2) is 24.4 Å². The highest BCUT2D eigenvalue weighted by Crippen LogP contribution is 2.38. The first kappa shape index (κ1) is 12.7. The highest BCUT2D eigenvalue weighted by molar-refractivity contribution is 5.85. The zero-order chi connectivity index (χ0) is 11.9. The van der Waals surface area contributed by atoms with Gasteiger partial charge in [0.25, 0.3) is 0 Å². The van der Waals surface area contributed by atoms with Crippen molar-refractivity contribution in [3.8, 4) is 11.1 Å². The Hall–Kier alpha value is -1.36. The van der Waals surface area contributed by atoms with Gasteiger partial charge in [-0.2, -0.15) is 0 Å². The van der Waals surface area contributed by atoms with Gasteiger partial charge in [-0.3, -0.25) is 0 Å². The number of fused-ring (bicyclic) bond motifs is 3. The third-order valence-electron chi connectivity index (χ3n) is 3.96. The van der Waals surface area contributed by atoms with Gasteiger partial charge in [0.1, 0.15) is 6.26 Å². The van der Waals surface area contributed by atoms with Crippen LogP contribution in [0.3, 0.4) is 0 Å². The Balaban J connectivity index is 0.00000110. The Morgan fingerprint density at radius 2 is 2.21 bits per heavy atom. The summed E-state index contributed by atoms with van der Waals surface area (Å²) in [6.45, 7) is 2.64. The minimum atomic E-state index is 0. The Morgan fingerprint density at radius 1 is 1.26 bits per heavy atom. The molecule has 0 spiro atoms. The maximum absolute atomic E-state index is 5.95. The maximum atomic E-state index is 5.95. The van der Waals surface area contributed by atoms with Crippen LogP contribution in [0.1, 0.15) is 17.0 Å². The van der Waals surface area contributed by atoms with Gasteiger partial charge in [0.2, 0.25) is 0 Å². The number of halogens is 1. The molecule has 5 heteroatoms. The third-order valence-corrected chi connectivity index (χ3v) is 3.96. The lowest BCUT2D eigenvalue weighted by Gasteiger charge is -2.29. The Labute approximate surface area is 117 Å². The molecule has 19 heavy (non-hydrogen) atoms. The first-order valence-electron chi connectivity index (χ1n) is 6.27. The number of aromatic nitrogens is 1. The molecule has 0 radical (unpaired) electrons. The second kappa shape index (κ2) is 4.96. The summed E-state index contributed by atoms with van der Waals surface area (Å²) in [5.41, 5.74) is 4.90. The van der Waals surface area contributed by atoms with Crippen LogP contribution in [-0.2, 0) is 11.3 Å². The molecule has 0 saturated carbocycles. The molecule has 2 aromatic rings. The van der Waals surface area contributed by atoms with Crippen molar-refractivity contribution >= 4 is 12.4 Å². The minimum Gasteiger partial charge on any atom is -0.371 e. The monoisotopic (exact) mass is 278 g/mol. The Bertz CT molecular complexity index is 571. The molecule has 0 aliphatic carbocycles. The van der Waals surface area contributed by atoms with Gasteiger partial charge in [0.15, 0.2) is 0 Å². The molecule has 1 fully saturated rings. The van der Waals surface area contributed by atoms with Gasteiger partial charge in [0.05, 0.1) is 18.9 Å². The van der Waals surface area contributed by atoms with Gasteiger partial charge in [-0.25, -0.2) is 0 Å². The highest BCUT2D eigenvalue weighted by atomic mass is 35.5. The molecule has 1 saturated heterocycles. The van der Waals surface area contributed by atoms with Crippen molar-refractivity contribution in [2.75, 3.05) is 13.1 Å². The topological polar surface area (TPSA) is 47.3 Å². The average molecular weight is 279 g/mol. The molecular formula is C14H15ClN2O2. The van der Waals surface area contributed by atoms with Crippen LogP contribution >= 0.6 is 12.4 Å². The summed E-state index contributed by atoms with van der Waals surface area (Å²) in [5, 5.41) is 7.19. The van der Waals surface area contributed by atoms with E-state index in [1.807, 2.05) is 0 Å². The van der Waals surface area contributed by atoms with E-state index >= 15 is 0 Å². The zero-order valence-electron chi connectivity index (χ0n) is 10.3. The average Bonchev–Trinajstić information content (AvgIpc) is 3.09. The normalized spacial score (nSPS) is 24.4. The van der Waals surface area contributed by atoms with E-state index in [9.17, 15) is 0 Å². The Kier molecular flexibility index (Phi) is 3.31. The SMILES string of the molecule is Cl.c1cc(-c2cnoc2)c2c(c1)[C@H]1CNC[C@H]1OC2. The van der Waals surface area contributed by atoms with E-state index < -0.39 is 0 Å². The van der Waals surface area contributed by atoms with Crippen molar-refractivity contribution in [2.24, 2.45) is 0 Å². The largest absolute Gasteiger partial charge is 0.371 e. The number of benzene rings is 1. The third kappa shape index (κ3) is 1.96. The quantitative estimate of drug-likeness (QED) is 0.870. The molecule has 4 rings (SSSR count). The van der Waals surface area contributed by atoms with Crippen LogP contribution in [0.25, 0.3) is 11.1 Å². The summed E-state index contributed by atoms with van der Waals surface area (Å²) in [7, 11) is 0. The van der Waals surface area contributed by atoms with Crippen molar-refractivity contribution < 1.29 is 9.26 Å². The standard InChI is InChI=1S/C14H14N2O2.ClH/c1-2-10(9-4-16-18-7-9)13-8-17-14-6-15-5-12(14)11(13)3-1;/h1-4,7,12,14-15H,5-6,8H2;1H/t12-,14-;/m1./s1. The summed E-state index contributed by atoms with van der Waals surface area (Å²) in [5.74, 6) is 0.480. The minimum absolute atomic E-state index is 0. The fourth-order valence-corrected chi connectivity index (χ4v) is 3.05. The number of ether oxygens (including phenoxy) is 1. The molecule has 1 N–H and O–H groups in total. The van der Waals surface area contributed by atoms with E-state index in [2.05, 4.69) is 28.7 Å². The second-order valence-electron chi connectivity index (χ2n) is 4.90. The van der Waals surface area contributed by atoms with Crippen molar-refractivity contribution in [3.63, 3.8) is 0 Å². The molecule has 0 amide bonds. The van der Waals surface area contributed by atoms with Crippen LogP contribution < -0.4 is 5.32 Å². The molecule has 2 atom stereocenters. The van der Waals surface area contributed by atoms with Crippen LogP contribution in [0.2, 0.25) is 0 Å². The summed E-state index contributed by atoms with van der Waals surface area (Å²) in [6, 6.07) is 6.44. The second-order valence-corrected chi connectivity index (χ2v) is 4.90. The van der Waals surface area contributed by atoms with E-state index in [1.165, 1.54) is 16.7 Å². The highest BCUT2D eigenvalue weighted by Gasteiger charge is 2.35. The molecule has 0 bridgehead atoms. The van der Waals surface area contributed by atoms with Crippen molar-refractivity contribution in [3.05, 3.63) is 41.8 Å². The smallest absolute Gasteiger partial charge is 0.131 e. The van der Waals surface area contributed by atoms with Crippen LogP contribution in [0.5, 0.6) is 0 Å². The molecule has 1 aromatic heterocycles. The predicted molar refractivity (Wildman–Crippen MR) is 73.4 cm³/mol. The van der Waals surface area contributed by atoms with Crippen LogP contribution in [0.15, 0.2) is 35.2 Å². The molecular weight excluding hydrogens is 264 g/mol. The van der Waals surface area contributed by atoms with Crippen molar-refractivity contribution in [1.29, 1.82) is 0 Å². The van der Waals surface area contributed by atoms with E-state index in [-0.39, 0.29) is 12.4 Å². The molecule has 4 nitrogen and oxygen atoms in total. The van der Waals surface area contributed by atoms with E-state index in [1.54, 1.807) is 12.5 Å². The van der Waals surface area contributed by atoms with Crippen LogP contribution in [0.4, 0.5) is 0 Å². The molecule has 2 aliphatic heterocycles. The summed E-state index contributed by atoms with van der Waals surface area (Å²) >= 11 is 0. The van der Waals surface area contributed by atoms with Gasteiger partial charge in [-0.1, -0.05) is 23.4 Å². The predicted octanol–water partition coefficient (Wildman–Crippen LogP) is 2.35. The van der Waals surface area contributed by atoms with E-state index in [4.69, 9.17) is 9.26 Å². The number of nitrogens with one attached hydrogen (secondary N) is 1. The van der Waals surface area contributed by atoms with E-state index in [0.717, 1.165) is 18.7 Å². The first-order valence-corrected chi connectivity index (χ1v) is 6.27. The fourth-order valence-electron chi connectivity index (χ4n) is 3.05. The summed E-state index contributed by atoms with van der Waals surface area (Å²) in [6.07, 6.45) is 3.78. The van der Waals surface area contributed by atoms with Gasteiger partial charge in [-0.05, 0) is 16.7 Å². The summed E-state index contributed by atoms with van der Waals surface area (Å²) < 4.78 is 10.9. The molecule has 1 aromatic carbocycles. The maximum Gasteiger partial charge on any atom is 0.131 e. The van der Waals surface area contributed by atoms with Gasteiger partial charge >= 0.3 is 0 Å². The lowest BCUT2D eigenvalue weighted by molar-refractivity contribution is 0.0302. The molecule has 0 unspecified atom stereocenters. The molecule has 2 aliphatic rings. The zero-order valence-corrected chi connectivity index (χ0v) is 11.2. The number of hydrogen-bond donors (Lipinski definition) is 1. The summed E-state index contributed by atoms with van der Waals surface area (Å²) in [4.78, 5) is 0. The molecule has 3 heterocycles. The lowest BCUT2D eigenvalue weighted by Crippen LogP contribution is -2.27. The van der Waals surface area contributed by atoms with Crippen LogP contribution in [0, 0.1) is 0 Å². The molecule has 100 valence electrons. The van der Waals surface area contributed by atoms with Gasteiger partial charge < -0.3 is 14.6 Å². The number of nitrogens with zero attached hydrogens (tertiary/aromatic N) is 1. The number of rotatable bonds is 1. The van der Waals surface area contributed by atoms with Gasteiger partial charge in [0, 0.05) is 24.6 Å². The first-order chi connectivity index (χ1) is 8.93. The lowest BCUT2D eigenvalue weighted by atomic mass is 9.86. The van der Waals surface area contributed by atoms with Gasteiger partial charge in [-0.15, -0.1) is 12.4 Å². The van der Waals surface area contributed by atoms with Crippen molar-refractivity contribution in [1.82, 2.24) is 10.5 Å².